The summed E-state index contributed by atoms with van der Waals surface area (Å²) in [7, 11) is 0. The molecular formula is C25H30ClN3O3S. The third-order valence-corrected chi connectivity index (χ3v) is 7.30. The second-order valence-electron chi connectivity index (χ2n) is 8.45. The molecule has 8 heteroatoms. The molecule has 0 bridgehead atoms. The van der Waals surface area contributed by atoms with E-state index < -0.39 is 5.97 Å². The van der Waals surface area contributed by atoms with Crippen molar-refractivity contribution in [1.82, 2.24) is 9.88 Å². The lowest BCUT2D eigenvalue weighted by atomic mass is 10.1. The highest BCUT2D eigenvalue weighted by atomic mass is 35.5. The van der Waals surface area contributed by atoms with Crippen molar-refractivity contribution in [2.45, 2.75) is 38.6 Å². The molecule has 1 atom stereocenters. The van der Waals surface area contributed by atoms with E-state index in [1.54, 1.807) is 11.3 Å². The van der Waals surface area contributed by atoms with Gasteiger partial charge in [-0.25, -0.2) is 4.98 Å². The Morgan fingerprint density at radius 1 is 1.30 bits per heavy atom. The van der Waals surface area contributed by atoms with E-state index >= 15 is 0 Å². The van der Waals surface area contributed by atoms with Crippen LogP contribution in [0.1, 0.15) is 31.7 Å². The number of aromatic nitrogens is 1. The molecule has 0 radical (unpaired) electrons. The van der Waals surface area contributed by atoms with E-state index in [-0.39, 0.29) is 6.42 Å². The minimum atomic E-state index is -0.833. The fourth-order valence-electron chi connectivity index (χ4n) is 4.27. The summed E-state index contributed by atoms with van der Waals surface area (Å²) in [5.41, 5.74) is 1.76. The highest BCUT2D eigenvalue weighted by Gasteiger charge is 2.29. The molecule has 2 aromatic carbocycles. The summed E-state index contributed by atoms with van der Waals surface area (Å²) in [5.74, 6) is -0.106. The number of rotatable bonds is 11. The molecule has 1 aliphatic heterocycles. The van der Waals surface area contributed by atoms with Crippen molar-refractivity contribution in [2.24, 2.45) is 0 Å². The minimum Gasteiger partial charge on any atom is -0.492 e. The summed E-state index contributed by atoms with van der Waals surface area (Å²) in [6.45, 7) is 6.65. The van der Waals surface area contributed by atoms with Gasteiger partial charge in [-0.3, -0.25) is 9.69 Å². The normalized spacial score (nSPS) is 16.1. The molecule has 1 unspecified atom stereocenters. The maximum Gasteiger partial charge on any atom is 0.307 e. The lowest BCUT2D eigenvalue weighted by Gasteiger charge is -2.29. The highest BCUT2D eigenvalue weighted by Crippen LogP contribution is 2.33. The van der Waals surface area contributed by atoms with E-state index in [0.29, 0.717) is 12.6 Å². The Morgan fingerprint density at radius 2 is 2.18 bits per heavy atom. The molecule has 1 saturated heterocycles. The average molecular weight is 488 g/mol. The molecule has 33 heavy (non-hydrogen) atoms. The van der Waals surface area contributed by atoms with Crippen molar-refractivity contribution >= 4 is 44.3 Å². The molecule has 176 valence electrons. The number of carbonyl (C=O) groups is 1. The Morgan fingerprint density at radius 3 is 3.00 bits per heavy atom. The number of benzene rings is 2. The molecule has 2 heterocycles. The summed E-state index contributed by atoms with van der Waals surface area (Å²) < 4.78 is 7.12. The first-order valence-corrected chi connectivity index (χ1v) is 12.7. The molecule has 3 aromatic rings. The number of anilines is 1. The summed E-state index contributed by atoms with van der Waals surface area (Å²) >= 11 is 7.85. The molecule has 6 nitrogen and oxygen atoms in total. The van der Waals surface area contributed by atoms with E-state index in [1.807, 2.05) is 42.5 Å². The molecule has 1 aliphatic rings. The fraction of sp³-hybridized carbons (Fsp3) is 0.440. The van der Waals surface area contributed by atoms with Gasteiger partial charge in [0.15, 0.2) is 5.13 Å². The van der Waals surface area contributed by atoms with Crippen LogP contribution in [0.2, 0.25) is 5.02 Å². The van der Waals surface area contributed by atoms with Crippen molar-refractivity contribution < 1.29 is 14.6 Å². The van der Waals surface area contributed by atoms with Gasteiger partial charge in [-0.05, 0) is 55.3 Å². The molecule has 0 saturated carbocycles. The van der Waals surface area contributed by atoms with Crippen LogP contribution in [0, 0.1) is 0 Å². The van der Waals surface area contributed by atoms with E-state index in [4.69, 9.17) is 26.4 Å². The van der Waals surface area contributed by atoms with Gasteiger partial charge in [-0.1, -0.05) is 48.4 Å². The van der Waals surface area contributed by atoms with Crippen LogP contribution in [0.25, 0.3) is 10.2 Å². The van der Waals surface area contributed by atoms with Gasteiger partial charge in [-0.2, -0.15) is 0 Å². The number of ether oxygens (including phenoxy) is 1. The Hall–Kier alpha value is -2.35. The number of aliphatic carboxylic acids is 1. The first kappa shape index (κ1) is 23.8. The molecule has 1 fully saturated rings. The van der Waals surface area contributed by atoms with Gasteiger partial charge in [0, 0.05) is 30.7 Å². The van der Waals surface area contributed by atoms with Gasteiger partial charge in [0.2, 0.25) is 0 Å². The molecule has 1 aromatic heterocycles. The number of hydrogen-bond acceptors (Lipinski definition) is 6. The molecule has 0 aliphatic carbocycles. The summed E-state index contributed by atoms with van der Waals surface area (Å²) in [6, 6.07) is 13.7. The monoisotopic (exact) mass is 487 g/mol. The van der Waals surface area contributed by atoms with Gasteiger partial charge < -0.3 is 14.7 Å². The lowest BCUT2D eigenvalue weighted by molar-refractivity contribution is -0.136. The van der Waals surface area contributed by atoms with Crippen LogP contribution in [0.5, 0.6) is 5.75 Å². The number of carboxylic acid groups (broad SMARTS) is 1. The lowest BCUT2D eigenvalue weighted by Crippen LogP contribution is -2.40. The largest absolute Gasteiger partial charge is 0.492 e. The topological polar surface area (TPSA) is 65.9 Å². The van der Waals surface area contributed by atoms with Gasteiger partial charge in [-0.15, -0.1) is 0 Å². The number of thiazole rings is 1. The maximum atomic E-state index is 11.0. The van der Waals surface area contributed by atoms with Crippen molar-refractivity contribution in [3.8, 4) is 5.75 Å². The van der Waals surface area contributed by atoms with E-state index in [0.717, 1.165) is 77.1 Å². The van der Waals surface area contributed by atoms with Gasteiger partial charge in [0.1, 0.15) is 12.4 Å². The van der Waals surface area contributed by atoms with E-state index in [2.05, 4.69) is 16.7 Å². The molecule has 4 rings (SSSR count). The van der Waals surface area contributed by atoms with Crippen LogP contribution in [0.15, 0.2) is 42.5 Å². The van der Waals surface area contributed by atoms with Crippen molar-refractivity contribution in [1.29, 1.82) is 0 Å². The SMILES string of the molecule is CCCCN(CCOc1cccc(CC(=O)O)c1)C1CCN(c2nc3ccc(Cl)cc3s2)C1. The predicted molar refractivity (Wildman–Crippen MR) is 135 cm³/mol. The van der Waals surface area contributed by atoms with Gasteiger partial charge >= 0.3 is 5.97 Å². The number of halogens is 1. The maximum absolute atomic E-state index is 11.0. The Balaban J connectivity index is 1.35. The zero-order valence-electron chi connectivity index (χ0n) is 18.9. The third-order valence-electron chi connectivity index (χ3n) is 5.99. The third kappa shape index (κ3) is 6.37. The van der Waals surface area contributed by atoms with E-state index in [1.165, 1.54) is 0 Å². The second-order valence-corrected chi connectivity index (χ2v) is 9.90. The molecular weight excluding hydrogens is 458 g/mol. The molecule has 1 N–H and O–H groups in total. The summed E-state index contributed by atoms with van der Waals surface area (Å²) in [5, 5.41) is 10.8. The first-order valence-electron chi connectivity index (χ1n) is 11.5. The Labute approximate surface area is 203 Å². The van der Waals surface area contributed by atoms with Crippen molar-refractivity contribution in [3.63, 3.8) is 0 Å². The number of hydrogen-bond donors (Lipinski definition) is 1. The Kier molecular flexibility index (Phi) is 8.06. The quantitative estimate of drug-likeness (QED) is 0.394. The molecule has 0 spiro atoms. The van der Waals surface area contributed by atoms with Crippen LogP contribution >= 0.6 is 22.9 Å². The van der Waals surface area contributed by atoms with Gasteiger partial charge in [0.25, 0.3) is 0 Å². The molecule has 0 amide bonds. The van der Waals surface area contributed by atoms with Crippen LogP contribution in [-0.2, 0) is 11.2 Å². The summed E-state index contributed by atoms with van der Waals surface area (Å²) in [6.07, 6.45) is 3.43. The van der Waals surface area contributed by atoms with Crippen LogP contribution in [-0.4, -0.2) is 59.8 Å². The van der Waals surface area contributed by atoms with Crippen LogP contribution in [0.3, 0.4) is 0 Å². The zero-order valence-corrected chi connectivity index (χ0v) is 20.4. The highest BCUT2D eigenvalue weighted by molar-refractivity contribution is 7.22. The number of unbranched alkanes of at least 4 members (excludes halogenated alkanes) is 1. The minimum absolute atomic E-state index is 0.00963. The smallest absolute Gasteiger partial charge is 0.307 e. The van der Waals surface area contributed by atoms with Crippen molar-refractivity contribution in [2.75, 3.05) is 37.7 Å². The van der Waals surface area contributed by atoms with Crippen molar-refractivity contribution in [3.05, 3.63) is 53.1 Å². The van der Waals surface area contributed by atoms with E-state index in [9.17, 15) is 4.79 Å². The fourth-order valence-corrected chi connectivity index (χ4v) is 5.55. The number of fused-ring (bicyclic) bond motifs is 1. The van der Waals surface area contributed by atoms with Crippen LogP contribution < -0.4 is 9.64 Å². The first-order chi connectivity index (χ1) is 16.0. The van der Waals surface area contributed by atoms with Crippen LogP contribution in [0.4, 0.5) is 5.13 Å². The summed E-state index contributed by atoms with van der Waals surface area (Å²) in [4.78, 5) is 20.7. The average Bonchev–Trinajstić information content (AvgIpc) is 3.43. The number of carboxylic acids is 1. The van der Waals surface area contributed by atoms with Gasteiger partial charge in [0.05, 0.1) is 16.6 Å². The standard InChI is InChI=1S/C25H30ClN3O3S/c1-2-3-10-28(12-13-32-21-6-4-5-18(14-21)15-24(30)31)20-9-11-29(17-20)25-27-22-8-7-19(26)16-23(22)33-25/h4-8,14,16,20H,2-3,9-13,15,17H2,1H3,(H,30,31). The second kappa shape index (κ2) is 11.2. The zero-order chi connectivity index (χ0) is 23.2. The predicted octanol–water partition coefficient (Wildman–Crippen LogP) is 5.34. The number of nitrogens with zero attached hydrogens (tertiary/aromatic N) is 3. The Bertz CT molecular complexity index is 1090.